The van der Waals surface area contributed by atoms with Gasteiger partial charge in [0, 0.05) is 37.8 Å². The van der Waals surface area contributed by atoms with Gasteiger partial charge in [0.05, 0.1) is 12.7 Å². The molecular weight excluding hydrogens is 342 g/mol. The Morgan fingerprint density at radius 2 is 1.58 bits per heavy atom. The highest BCUT2D eigenvalue weighted by Gasteiger charge is 2.27. The van der Waals surface area contributed by atoms with E-state index in [4.69, 9.17) is 4.74 Å². The molecule has 136 valence electrons. The van der Waals surface area contributed by atoms with Crippen molar-refractivity contribution in [1.29, 1.82) is 0 Å². The summed E-state index contributed by atoms with van der Waals surface area (Å²) in [5.74, 6) is -1.67. The van der Waals surface area contributed by atoms with Crippen molar-refractivity contribution in [2.24, 2.45) is 0 Å². The summed E-state index contributed by atoms with van der Waals surface area (Å²) in [4.78, 5) is 28.1. The van der Waals surface area contributed by atoms with Crippen LogP contribution in [0.2, 0.25) is 0 Å². The van der Waals surface area contributed by atoms with E-state index in [0.717, 1.165) is 12.1 Å². The first-order chi connectivity index (χ1) is 12.5. The Morgan fingerprint density at radius 1 is 0.923 bits per heavy atom. The summed E-state index contributed by atoms with van der Waals surface area (Å²) < 4.78 is 31.9. The second-order valence-corrected chi connectivity index (χ2v) is 5.94. The lowest BCUT2D eigenvalue weighted by Gasteiger charge is -2.35. The average molecular weight is 360 g/mol. The summed E-state index contributed by atoms with van der Waals surface area (Å²) >= 11 is 0. The maximum Gasteiger partial charge on any atom is 0.256 e. The predicted octanol–water partition coefficient (Wildman–Crippen LogP) is 2.57. The number of nitrogens with zero attached hydrogens (tertiary/aromatic N) is 2. The molecule has 0 spiro atoms. The van der Waals surface area contributed by atoms with Crippen molar-refractivity contribution < 1.29 is 23.1 Å². The maximum atomic E-state index is 13.8. The Labute approximate surface area is 149 Å². The number of ether oxygens (including phenoxy) is 1. The molecule has 0 N–H and O–H groups in total. The monoisotopic (exact) mass is 360 g/mol. The molecule has 2 aromatic rings. The summed E-state index contributed by atoms with van der Waals surface area (Å²) in [7, 11) is 1.53. The van der Waals surface area contributed by atoms with Gasteiger partial charge in [-0.05, 0) is 30.3 Å². The van der Waals surface area contributed by atoms with Crippen molar-refractivity contribution in [3.63, 3.8) is 0 Å². The van der Waals surface area contributed by atoms with E-state index in [0.29, 0.717) is 30.5 Å². The van der Waals surface area contributed by atoms with Crippen LogP contribution in [0.15, 0.2) is 42.5 Å². The van der Waals surface area contributed by atoms with Crippen molar-refractivity contribution in [3.8, 4) is 5.75 Å². The lowest BCUT2D eigenvalue weighted by atomic mass is 10.1. The minimum atomic E-state index is -0.884. The van der Waals surface area contributed by atoms with E-state index in [9.17, 15) is 18.4 Å². The number of piperazine rings is 1. The third-order valence-electron chi connectivity index (χ3n) is 4.33. The molecule has 1 aliphatic heterocycles. The third kappa shape index (κ3) is 3.66. The Morgan fingerprint density at radius 3 is 2.19 bits per heavy atom. The number of carbonyl (C=O) groups is 2. The lowest BCUT2D eigenvalue weighted by Crippen LogP contribution is -2.50. The van der Waals surface area contributed by atoms with E-state index in [1.165, 1.54) is 12.0 Å². The number of methoxy groups -OCH3 is 1. The minimum absolute atomic E-state index is 0.149. The minimum Gasteiger partial charge on any atom is -0.497 e. The molecule has 0 aromatic heterocycles. The normalized spacial score (nSPS) is 14.3. The van der Waals surface area contributed by atoms with Gasteiger partial charge in [-0.15, -0.1) is 0 Å². The van der Waals surface area contributed by atoms with Crippen molar-refractivity contribution in [2.75, 3.05) is 33.3 Å². The first-order valence-electron chi connectivity index (χ1n) is 8.17. The van der Waals surface area contributed by atoms with Gasteiger partial charge in [0.1, 0.15) is 17.4 Å². The zero-order valence-corrected chi connectivity index (χ0v) is 14.2. The van der Waals surface area contributed by atoms with Gasteiger partial charge >= 0.3 is 0 Å². The SMILES string of the molecule is COc1cccc(C(=O)N2CCN(C(=O)c3ccc(F)cc3F)CC2)c1. The fourth-order valence-electron chi connectivity index (χ4n) is 2.88. The van der Waals surface area contributed by atoms with E-state index < -0.39 is 17.5 Å². The standard InChI is InChI=1S/C19H18F2N2O3/c1-26-15-4-2-3-13(11-15)18(24)22-7-9-23(10-8-22)19(25)16-6-5-14(20)12-17(16)21/h2-6,11-12H,7-10H2,1H3. The van der Waals surface area contributed by atoms with Gasteiger partial charge < -0.3 is 14.5 Å². The Balaban J connectivity index is 1.65. The summed E-state index contributed by atoms with van der Waals surface area (Å²) in [6, 6.07) is 9.74. The van der Waals surface area contributed by atoms with E-state index in [1.807, 2.05) is 0 Å². The molecule has 0 aliphatic carbocycles. The lowest BCUT2D eigenvalue weighted by molar-refractivity contribution is 0.0532. The van der Waals surface area contributed by atoms with Crippen LogP contribution in [0.5, 0.6) is 5.75 Å². The summed E-state index contributed by atoms with van der Waals surface area (Å²) in [5.41, 5.74) is 0.340. The first kappa shape index (κ1) is 17.8. The largest absolute Gasteiger partial charge is 0.497 e. The Hall–Kier alpha value is -2.96. The van der Waals surface area contributed by atoms with Crippen molar-refractivity contribution in [3.05, 3.63) is 65.2 Å². The van der Waals surface area contributed by atoms with Crippen LogP contribution in [0.4, 0.5) is 8.78 Å². The molecule has 26 heavy (non-hydrogen) atoms. The number of halogens is 2. The zero-order chi connectivity index (χ0) is 18.7. The molecule has 0 bridgehead atoms. The van der Waals surface area contributed by atoms with Crippen LogP contribution in [0.1, 0.15) is 20.7 Å². The number of hydrogen-bond acceptors (Lipinski definition) is 3. The Bertz CT molecular complexity index is 833. The summed E-state index contributed by atoms with van der Waals surface area (Å²) in [6.07, 6.45) is 0. The molecule has 1 aliphatic rings. The number of hydrogen-bond donors (Lipinski definition) is 0. The van der Waals surface area contributed by atoms with Gasteiger partial charge in [0.25, 0.3) is 11.8 Å². The molecule has 3 rings (SSSR count). The van der Waals surface area contributed by atoms with Gasteiger partial charge in [-0.1, -0.05) is 6.07 Å². The zero-order valence-electron chi connectivity index (χ0n) is 14.2. The molecule has 0 atom stereocenters. The highest BCUT2D eigenvalue weighted by Crippen LogP contribution is 2.17. The van der Waals surface area contributed by atoms with Crippen LogP contribution in [-0.2, 0) is 0 Å². The van der Waals surface area contributed by atoms with E-state index >= 15 is 0 Å². The highest BCUT2D eigenvalue weighted by molar-refractivity contribution is 5.96. The number of carbonyl (C=O) groups excluding carboxylic acids is 2. The molecule has 5 nitrogen and oxygen atoms in total. The van der Waals surface area contributed by atoms with Gasteiger partial charge in [0.2, 0.25) is 0 Å². The Kier molecular flexibility index (Phi) is 5.16. The van der Waals surface area contributed by atoms with Crippen LogP contribution in [0, 0.1) is 11.6 Å². The van der Waals surface area contributed by atoms with Crippen LogP contribution >= 0.6 is 0 Å². The molecule has 0 saturated carbocycles. The van der Waals surface area contributed by atoms with Gasteiger partial charge in [-0.3, -0.25) is 9.59 Å². The maximum absolute atomic E-state index is 13.8. The first-order valence-corrected chi connectivity index (χ1v) is 8.17. The number of rotatable bonds is 3. The van der Waals surface area contributed by atoms with E-state index in [1.54, 1.807) is 29.2 Å². The van der Waals surface area contributed by atoms with Crippen LogP contribution in [-0.4, -0.2) is 54.9 Å². The average Bonchev–Trinajstić information content (AvgIpc) is 2.67. The third-order valence-corrected chi connectivity index (χ3v) is 4.33. The predicted molar refractivity (Wildman–Crippen MR) is 91.2 cm³/mol. The second kappa shape index (κ2) is 7.51. The topological polar surface area (TPSA) is 49.9 Å². The smallest absolute Gasteiger partial charge is 0.256 e. The van der Waals surface area contributed by atoms with Crippen molar-refractivity contribution in [2.45, 2.75) is 0 Å². The fraction of sp³-hybridized carbons (Fsp3) is 0.263. The molecule has 1 fully saturated rings. The number of amides is 2. The fourth-order valence-corrected chi connectivity index (χ4v) is 2.88. The molecule has 2 aromatic carbocycles. The summed E-state index contributed by atoms with van der Waals surface area (Å²) in [5, 5.41) is 0. The molecule has 1 saturated heterocycles. The van der Waals surface area contributed by atoms with Crippen LogP contribution < -0.4 is 4.74 Å². The van der Waals surface area contributed by atoms with Gasteiger partial charge in [-0.2, -0.15) is 0 Å². The quantitative estimate of drug-likeness (QED) is 0.845. The number of benzene rings is 2. The molecule has 7 heteroatoms. The van der Waals surface area contributed by atoms with Gasteiger partial charge in [-0.25, -0.2) is 8.78 Å². The van der Waals surface area contributed by atoms with Crippen LogP contribution in [0.3, 0.4) is 0 Å². The molecule has 2 amide bonds. The van der Waals surface area contributed by atoms with E-state index in [-0.39, 0.29) is 24.6 Å². The van der Waals surface area contributed by atoms with Gasteiger partial charge in [0.15, 0.2) is 0 Å². The molecule has 0 unspecified atom stereocenters. The van der Waals surface area contributed by atoms with Crippen LogP contribution in [0.25, 0.3) is 0 Å². The van der Waals surface area contributed by atoms with Crippen molar-refractivity contribution in [1.82, 2.24) is 9.80 Å². The van der Waals surface area contributed by atoms with Crippen molar-refractivity contribution >= 4 is 11.8 Å². The molecule has 0 radical (unpaired) electrons. The molecular formula is C19H18F2N2O3. The highest BCUT2D eigenvalue weighted by atomic mass is 19.1. The second-order valence-electron chi connectivity index (χ2n) is 5.94. The summed E-state index contributed by atoms with van der Waals surface area (Å²) in [6.45, 7) is 1.24. The van der Waals surface area contributed by atoms with E-state index in [2.05, 4.69) is 0 Å². The molecule has 1 heterocycles.